The van der Waals surface area contributed by atoms with E-state index in [1.807, 2.05) is 0 Å². The van der Waals surface area contributed by atoms with Crippen LogP contribution in [0.4, 0.5) is 8.78 Å². The van der Waals surface area contributed by atoms with Crippen molar-refractivity contribution in [1.29, 1.82) is 0 Å². The molecule has 0 radical (unpaired) electrons. The fourth-order valence-corrected chi connectivity index (χ4v) is 5.50. The molecule has 0 fully saturated rings. The summed E-state index contributed by atoms with van der Waals surface area (Å²) in [6.07, 6.45) is 2.25. The summed E-state index contributed by atoms with van der Waals surface area (Å²) in [5.41, 5.74) is -1.58. The molecule has 16 heteroatoms. The zero-order valence-electron chi connectivity index (χ0n) is 22.7. The summed E-state index contributed by atoms with van der Waals surface area (Å²) in [5, 5.41) is 0.561. The van der Waals surface area contributed by atoms with Crippen molar-refractivity contribution in [2.24, 2.45) is 5.41 Å². The standard InChI is InChI=1S/C17H19ClF2N2O3.C10H8O6S2/c1-12(23)24-15(17(2,9-19)10-20)16(22-8-7-21-11-22)25-14-5-3-13(18)4-6-14;11-17(12,13)9-5-1-3-7-8(9)4-2-6-10(7)18(14,15)16/h3-8,11,15-16H,9-10H2,1-2H3;1-6H,(H,11,12,13)(H,14,15,16). The Hall–Kier alpha value is -3.63. The first kappa shape index (κ1) is 33.9. The molecule has 0 saturated carbocycles. The average molecular weight is 661 g/mol. The van der Waals surface area contributed by atoms with E-state index in [9.17, 15) is 30.4 Å². The smallest absolute Gasteiger partial charge is 0.303 e. The molecule has 1 heterocycles. The van der Waals surface area contributed by atoms with Crippen molar-refractivity contribution in [3.63, 3.8) is 0 Å². The lowest BCUT2D eigenvalue weighted by Crippen LogP contribution is -2.47. The van der Waals surface area contributed by atoms with E-state index in [1.165, 1.54) is 55.2 Å². The van der Waals surface area contributed by atoms with Crippen LogP contribution in [0.2, 0.25) is 5.02 Å². The molecule has 43 heavy (non-hydrogen) atoms. The molecular formula is C27H27ClF2N2O9S2. The number of alkyl halides is 2. The number of ether oxygens (including phenoxy) is 2. The normalized spacial score (nSPS) is 13.5. The molecule has 2 atom stereocenters. The Morgan fingerprint density at radius 1 is 0.953 bits per heavy atom. The Bertz CT molecular complexity index is 1690. The third kappa shape index (κ3) is 8.48. The summed E-state index contributed by atoms with van der Waals surface area (Å²) >= 11 is 5.86. The summed E-state index contributed by atoms with van der Waals surface area (Å²) in [6.45, 7) is 0.472. The van der Waals surface area contributed by atoms with Crippen LogP contribution in [0, 0.1) is 5.41 Å². The van der Waals surface area contributed by atoms with E-state index in [4.69, 9.17) is 30.2 Å². The van der Waals surface area contributed by atoms with Crippen LogP contribution < -0.4 is 4.74 Å². The number of fused-ring (bicyclic) bond motifs is 1. The number of benzene rings is 3. The zero-order valence-corrected chi connectivity index (χ0v) is 25.1. The summed E-state index contributed by atoms with van der Waals surface area (Å²) in [4.78, 5) is 14.6. The van der Waals surface area contributed by atoms with Crippen LogP contribution in [0.15, 0.2) is 89.2 Å². The van der Waals surface area contributed by atoms with Crippen molar-refractivity contribution in [3.8, 4) is 5.75 Å². The second-order valence-corrected chi connectivity index (χ2v) is 12.7. The van der Waals surface area contributed by atoms with Crippen LogP contribution in [0.1, 0.15) is 20.1 Å². The van der Waals surface area contributed by atoms with Gasteiger partial charge in [-0.3, -0.25) is 27.2 Å². The Kier molecular flexibility index (Phi) is 10.8. The molecule has 0 bridgehead atoms. The fraction of sp³-hybridized carbons (Fsp3) is 0.259. The predicted octanol–water partition coefficient (Wildman–Crippen LogP) is 5.32. The van der Waals surface area contributed by atoms with Gasteiger partial charge in [0.05, 0.1) is 11.7 Å². The number of carbonyl (C=O) groups excluding carboxylic acids is 1. The molecule has 2 N–H and O–H groups in total. The summed E-state index contributed by atoms with van der Waals surface area (Å²) in [7, 11) is -8.94. The minimum atomic E-state index is -4.47. The molecule has 2 unspecified atom stereocenters. The van der Waals surface area contributed by atoms with E-state index in [2.05, 4.69) is 4.98 Å². The average Bonchev–Trinajstić information content (AvgIpc) is 3.49. The molecule has 0 aliphatic heterocycles. The van der Waals surface area contributed by atoms with Gasteiger partial charge in [0.2, 0.25) is 6.23 Å². The molecule has 232 valence electrons. The molecule has 0 amide bonds. The van der Waals surface area contributed by atoms with Gasteiger partial charge in [-0.1, -0.05) is 42.8 Å². The molecule has 3 aromatic carbocycles. The van der Waals surface area contributed by atoms with Gasteiger partial charge in [-0.2, -0.15) is 16.8 Å². The molecule has 0 spiro atoms. The lowest BCUT2D eigenvalue weighted by atomic mass is 9.85. The highest BCUT2D eigenvalue weighted by atomic mass is 35.5. The highest BCUT2D eigenvalue weighted by molar-refractivity contribution is 7.86. The first-order valence-corrected chi connectivity index (χ1v) is 15.5. The van der Waals surface area contributed by atoms with Crippen LogP contribution in [0.3, 0.4) is 0 Å². The summed E-state index contributed by atoms with van der Waals surface area (Å²) in [5.74, 6) is -0.261. The topological polar surface area (TPSA) is 162 Å². The van der Waals surface area contributed by atoms with Crippen molar-refractivity contribution in [3.05, 3.63) is 84.4 Å². The van der Waals surface area contributed by atoms with Crippen molar-refractivity contribution in [2.75, 3.05) is 13.3 Å². The molecule has 11 nitrogen and oxygen atoms in total. The second kappa shape index (κ2) is 13.8. The summed E-state index contributed by atoms with van der Waals surface area (Å²) in [6, 6.07) is 14.0. The molecule has 4 aromatic rings. The zero-order chi connectivity index (χ0) is 32.0. The number of esters is 1. The van der Waals surface area contributed by atoms with Crippen molar-refractivity contribution in [1.82, 2.24) is 9.55 Å². The third-order valence-electron chi connectivity index (χ3n) is 6.14. The largest absolute Gasteiger partial charge is 0.466 e. The molecule has 4 rings (SSSR count). The molecule has 0 aliphatic rings. The fourth-order valence-electron chi connectivity index (χ4n) is 3.97. The summed E-state index contributed by atoms with van der Waals surface area (Å²) < 4.78 is 103. The van der Waals surface area contributed by atoms with Crippen LogP contribution in [-0.4, -0.2) is 60.9 Å². The Morgan fingerprint density at radius 2 is 1.47 bits per heavy atom. The van der Waals surface area contributed by atoms with Gasteiger partial charge in [-0.25, -0.2) is 4.98 Å². The number of nitrogens with zero attached hydrogens (tertiary/aromatic N) is 2. The number of imidazole rings is 1. The van der Waals surface area contributed by atoms with Gasteiger partial charge in [-0.15, -0.1) is 0 Å². The minimum Gasteiger partial charge on any atom is -0.466 e. The lowest BCUT2D eigenvalue weighted by Gasteiger charge is -2.37. The first-order chi connectivity index (χ1) is 20.1. The van der Waals surface area contributed by atoms with Gasteiger partial charge in [0.1, 0.15) is 28.9 Å². The number of aromatic nitrogens is 2. The molecular weight excluding hydrogens is 634 g/mol. The van der Waals surface area contributed by atoms with Crippen molar-refractivity contribution in [2.45, 2.75) is 36.0 Å². The monoisotopic (exact) mass is 660 g/mol. The van der Waals surface area contributed by atoms with E-state index in [1.54, 1.807) is 30.5 Å². The van der Waals surface area contributed by atoms with Gasteiger partial charge in [0, 0.05) is 35.1 Å². The maximum Gasteiger partial charge on any atom is 0.303 e. The van der Waals surface area contributed by atoms with Gasteiger partial charge in [0.25, 0.3) is 20.2 Å². The van der Waals surface area contributed by atoms with E-state index in [0.29, 0.717) is 10.8 Å². The van der Waals surface area contributed by atoms with Gasteiger partial charge >= 0.3 is 5.97 Å². The van der Waals surface area contributed by atoms with Gasteiger partial charge < -0.3 is 9.47 Å². The number of halogens is 3. The maximum atomic E-state index is 13.6. The Labute approximate surface area is 251 Å². The minimum absolute atomic E-state index is 0.0233. The van der Waals surface area contributed by atoms with E-state index in [-0.39, 0.29) is 10.8 Å². The predicted molar refractivity (Wildman–Crippen MR) is 153 cm³/mol. The second-order valence-electron chi connectivity index (χ2n) is 9.48. The van der Waals surface area contributed by atoms with E-state index in [0.717, 1.165) is 12.1 Å². The number of hydrogen-bond acceptors (Lipinski definition) is 8. The van der Waals surface area contributed by atoms with Crippen LogP contribution in [0.25, 0.3) is 10.8 Å². The number of carbonyl (C=O) groups is 1. The van der Waals surface area contributed by atoms with Gasteiger partial charge in [0.15, 0.2) is 6.10 Å². The Balaban J connectivity index is 0.000000248. The van der Waals surface area contributed by atoms with Crippen LogP contribution >= 0.6 is 11.6 Å². The number of hydrogen-bond donors (Lipinski definition) is 2. The lowest BCUT2D eigenvalue weighted by molar-refractivity contribution is -0.171. The first-order valence-electron chi connectivity index (χ1n) is 12.3. The molecule has 1 aromatic heterocycles. The van der Waals surface area contributed by atoms with Gasteiger partial charge in [-0.05, 0) is 36.4 Å². The molecule has 0 aliphatic carbocycles. The highest BCUT2D eigenvalue weighted by Gasteiger charge is 2.45. The van der Waals surface area contributed by atoms with E-state index >= 15 is 0 Å². The highest BCUT2D eigenvalue weighted by Crippen LogP contribution is 2.35. The molecule has 0 saturated heterocycles. The van der Waals surface area contributed by atoms with Crippen LogP contribution in [-0.2, 0) is 29.8 Å². The van der Waals surface area contributed by atoms with Crippen molar-refractivity contribution < 1.29 is 49.0 Å². The maximum absolute atomic E-state index is 13.6. The third-order valence-corrected chi connectivity index (χ3v) is 8.21. The van der Waals surface area contributed by atoms with E-state index < -0.39 is 67.1 Å². The SMILES string of the molecule is CC(=O)OC(C(Oc1ccc(Cl)cc1)n1ccnc1)C(C)(CF)CF.O=S(=O)(O)c1cccc2c(S(=O)(=O)O)cccc12. The quantitative estimate of drug-likeness (QED) is 0.168. The van der Waals surface area contributed by atoms with Crippen LogP contribution in [0.5, 0.6) is 5.75 Å². The van der Waals surface area contributed by atoms with Crippen molar-refractivity contribution >= 4 is 48.6 Å². The number of rotatable bonds is 10. The Morgan fingerprint density at radius 3 is 1.86 bits per heavy atom.